The predicted molar refractivity (Wildman–Crippen MR) is 106 cm³/mol. The third-order valence-electron chi connectivity index (χ3n) is 3.74. The average molecular weight is 446 g/mol. The van der Waals surface area contributed by atoms with Crippen molar-refractivity contribution in [2.45, 2.75) is 19.6 Å². The molecule has 2 aromatic carbocycles. The molecule has 138 valence electrons. The Labute approximate surface area is 169 Å². The van der Waals surface area contributed by atoms with Crippen LogP contribution in [0.2, 0.25) is 0 Å². The number of ketones is 1. The molecule has 0 bridgehead atoms. The van der Waals surface area contributed by atoms with E-state index in [9.17, 15) is 9.59 Å². The number of carbonyl (C=O) groups is 2. The number of hydrogen-bond donors (Lipinski definition) is 0. The Kier molecular flexibility index (Phi) is 6.36. The van der Waals surface area contributed by atoms with E-state index in [1.165, 1.54) is 11.3 Å². The normalized spacial score (nSPS) is 11.6. The molecule has 0 aliphatic carbocycles. The summed E-state index contributed by atoms with van der Waals surface area (Å²) < 4.78 is 11.8. The van der Waals surface area contributed by atoms with E-state index < -0.39 is 12.1 Å². The first-order valence-electron chi connectivity index (χ1n) is 8.13. The Bertz CT molecular complexity index is 908. The van der Waals surface area contributed by atoms with Gasteiger partial charge in [-0.1, -0.05) is 28.1 Å². The molecular formula is C20H16BrNO4S. The first-order chi connectivity index (χ1) is 13.0. The molecule has 1 aromatic heterocycles. The van der Waals surface area contributed by atoms with Crippen molar-refractivity contribution in [1.29, 1.82) is 0 Å². The van der Waals surface area contributed by atoms with Gasteiger partial charge in [-0.15, -0.1) is 11.3 Å². The number of thiazole rings is 1. The van der Waals surface area contributed by atoms with Crippen molar-refractivity contribution in [2.75, 3.05) is 0 Å². The molecule has 0 N–H and O–H groups in total. The number of ether oxygens (including phenoxy) is 2. The molecule has 0 amide bonds. The average Bonchev–Trinajstić information content (AvgIpc) is 3.20. The van der Waals surface area contributed by atoms with Crippen LogP contribution in [-0.2, 0) is 11.3 Å². The third kappa shape index (κ3) is 5.24. The lowest BCUT2D eigenvalue weighted by Crippen LogP contribution is -2.24. The fourth-order valence-corrected chi connectivity index (χ4v) is 3.09. The molecule has 0 unspecified atom stereocenters. The first kappa shape index (κ1) is 19.3. The van der Waals surface area contributed by atoms with Crippen molar-refractivity contribution in [1.82, 2.24) is 4.98 Å². The summed E-state index contributed by atoms with van der Waals surface area (Å²) in [7, 11) is 0. The summed E-state index contributed by atoms with van der Waals surface area (Å²) in [6.07, 6.45) is -0.876. The molecule has 0 aliphatic heterocycles. The van der Waals surface area contributed by atoms with Crippen LogP contribution >= 0.6 is 27.3 Å². The van der Waals surface area contributed by atoms with Gasteiger partial charge in [0.2, 0.25) is 5.78 Å². The lowest BCUT2D eigenvalue weighted by molar-refractivity contribution is 0.0319. The third-order valence-corrected chi connectivity index (χ3v) is 4.91. The van der Waals surface area contributed by atoms with Crippen LogP contribution in [-0.4, -0.2) is 22.8 Å². The van der Waals surface area contributed by atoms with Crippen LogP contribution in [0, 0.1) is 0 Å². The molecule has 3 rings (SSSR count). The van der Waals surface area contributed by atoms with Gasteiger partial charge in [0.15, 0.2) is 6.10 Å². The van der Waals surface area contributed by atoms with E-state index in [1.807, 2.05) is 5.38 Å². The fraction of sp³-hybridized carbons (Fsp3) is 0.150. The molecule has 5 nitrogen and oxygen atoms in total. The van der Waals surface area contributed by atoms with Crippen LogP contribution < -0.4 is 4.74 Å². The van der Waals surface area contributed by atoms with Crippen LogP contribution in [0.5, 0.6) is 5.75 Å². The van der Waals surface area contributed by atoms with Crippen LogP contribution in [0.15, 0.2) is 63.9 Å². The van der Waals surface area contributed by atoms with Crippen LogP contribution in [0.25, 0.3) is 0 Å². The number of rotatable bonds is 7. The van der Waals surface area contributed by atoms with Crippen molar-refractivity contribution in [3.63, 3.8) is 0 Å². The molecular weight excluding hydrogens is 430 g/mol. The summed E-state index contributed by atoms with van der Waals surface area (Å²) in [6.45, 7) is 1.93. The highest BCUT2D eigenvalue weighted by atomic mass is 79.9. The highest BCUT2D eigenvalue weighted by Gasteiger charge is 2.20. The Morgan fingerprint density at radius 2 is 1.74 bits per heavy atom. The van der Waals surface area contributed by atoms with Gasteiger partial charge >= 0.3 is 5.97 Å². The lowest BCUT2D eigenvalue weighted by atomic mass is 10.1. The minimum absolute atomic E-state index is 0.251. The molecule has 1 heterocycles. The van der Waals surface area contributed by atoms with Gasteiger partial charge in [-0.25, -0.2) is 9.78 Å². The zero-order valence-electron chi connectivity index (χ0n) is 14.4. The van der Waals surface area contributed by atoms with Gasteiger partial charge in [0, 0.05) is 15.4 Å². The van der Waals surface area contributed by atoms with Gasteiger partial charge in [-0.05, 0) is 43.3 Å². The minimum atomic E-state index is -0.876. The van der Waals surface area contributed by atoms with Gasteiger partial charge in [0.1, 0.15) is 12.4 Å². The number of aromatic nitrogens is 1. The second kappa shape index (κ2) is 8.92. The summed E-state index contributed by atoms with van der Waals surface area (Å²) in [5.74, 6) is -0.184. The number of benzene rings is 2. The van der Waals surface area contributed by atoms with Gasteiger partial charge in [0.05, 0.1) is 16.8 Å². The van der Waals surface area contributed by atoms with Crippen LogP contribution in [0.3, 0.4) is 0 Å². The number of halogens is 1. The number of carbonyl (C=O) groups excluding carboxylic acids is 2. The maximum absolute atomic E-state index is 12.4. The van der Waals surface area contributed by atoms with Crippen molar-refractivity contribution in [2.24, 2.45) is 0 Å². The van der Waals surface area contributed by atoms with E-state index in [0.29, 0.717) is 23.5 Å². The highest BCUT2D eigenvalue weighted by Crippen LogP contribution is 2.17. The second-order valence-electron chi connectivity index (χ2n) is 5.71. The van der Waals surface area contributed by atoms with Gasteiger partial charge in [0.25, 0.3) is 0 Å². The molecule has 0 fully saturated rings. The van der Waals surface area contributed by atoms with Crippen molar-refractivity contribution >= 4 is 39.0 Å². The van der Waals surface area contributed by atoms with E-state index in [4.69, 9.17) is 9.47 Å². The number of Topliss-reactive ketones (excluding diaryl/α,β-unsaturated/α-hetero) is 1. The summed E-state index contributed by atoms with van der Waals surface area (Å²) in [5, 5.41) is 1.91. The zero-order valence-corrected chi connectivity index (χ0v) is 16.8. The number of hydrogen-bond acceptors (Lipinski definition) is 6. The second-order valence-corrected chi connectivity index (χ2v) is 7.35. The van der Waals surface area contributed by atoms with E-state index in [-0.39, 0.29) is 5.78 Å². The van der Waals surface area contributed by atoms with Crippen LogP contribution in [0.1, 0.15) is 33.3 Å². The van der Waals surface area contributed by atoms with Gasteiger partial charge in [-0.3, -0.25) is 4.79 Å². The Morgan fingerprint density at radius 3 is 2.37 bits per heavy atom. The van der Waals surface area contributed by atoms with E-state index in [2.05, 4.69) is 20.9 Å². The Balaban J connectivity index is 1.56. The molecule has 0 saturated carbocycles. The largest absolute Gasteiger partial charge is 0.487 e. The Morgan fingerprint density at radius 1 is 1.07 bits per heavy atom. The standard InChI is InChI=1S/C20H16BrNO4S/c1-13(19(23)14-2-6-16(21)7-3-14)26-20(24)15-4-8-18(9-5-15)25-10-17-11-27-12-22-17/h2-9,11-13H,10H2,1H3/t13-/m0/s1. The summed E-state index contributed by atoms with van der Waals surface area (Å²) in [6, 6.07) is 13.5. The lowest BCUT2D eigenvalue weighted by Gasteiger charge is -2.13. The molecule has 7 heteroatoms. The zero-order chi connectivity index (χ0) is 19.2. The number of esters is 1. The topological polar surface area (TPSA) is 65.5 Å². The molecule has 0 radical (unpaired) electrons. The molecule has 0 aliphatic rings. The first-order valence-corrected chi connectivity index (χ1v) is 9.87. The van der Waals surface area contributed by atoms with Crippen molar-refractivity contribution in [3.8, 4) is 5.75 Å². The predicted octanol–water partition coefficient (Wildman–Crippen LogP) is 4.91. The van der Waals surface area contributed by atoms with E-state index in [0.717, 1.165) is 10.2 Å². The SMILES string of the molecule is C[C@H](OC(=O)c1ccc(OCc2cscn2)cc1)C(=O)c1ccc(Br)cc1. The van der Waals surface area contributed by atoms with E-state index >= 15 is 0 Å². The Hall–Kier alpha value is -2.51. The number of nitrogens with zero attached hydrogens (tertiary/aromatic N) is 1. The summed E-state index contributed by atoms with van der Waals surface area (Å²) in [4.78, 5) is 28.8. The molecule has 0 spiro atoms. The van der Waals surface area contributed by atoms with Gasteiger partial charge in [-0.2, -0.15) is 0 Å². The molecule has 27 heavy (non-hydrogen) atoms. The maximum Gasteiger partial charge on any atom is 0.338 e. The summed E-state index contributed by atoms with van der Waals surface area (Å²) >= 11 is 4.83. The van der Waals surface area contributed by atoms with Crippen LogP contribution in [0.4, 0.5) is 0 Å². The smallest absolute Gasteiger partial charge is 0.338 e. The molecule has 3 aromatic rings. The minimum Gasteiger partial charge on any atom is -0.487 e. The molecule has 1 atom stereocenters. The van der Waals surface area contributed by atoms with Crippen molar-refractivity contribution < 1.29 is 19.1 Å². The fourth-order valence-electron chi connectivity index (χ4n) is 2.28. The van der Waals surface area contributed by atoms with Gasteiger partial charge < -0.3 is 9.47 Å². The van der Waals surface area contributed by atoms with E-state index in [1.54, 1.807) is 61.0 Å². The molecule has 0 saturated heterocycles. The monoisotopic (exact) mass is 445 g/mol. The van der Waals surface area contributed by atoms with Crippen molar-refractivity contribution in [3.05, 3.63) is 80.7 Å². The maximum atomic E-state index is 12.4. The summed E-state index contributed by atoms with van der Waals surface area (Å²) in [5.41, 5.74) is 3.44. The quantitative estimate of drug-likeness (QED) is 0.381. The highest BCUT2D eigenvalue weighted by molar-refractivity contribution is 9.10.